The van der Waals surface area contributed by atoms with Gasteiger partial charge >= 0.3 is 0 Å². The van der Waals surface area contributed by atoms with Crippen molar-refractivity contribution in [1.29, 1.82) is 0 Å². The molecule has 0 fully saturated rings. The number of imidazole rings is 1. The Bertz CT molecular complexity index is 576. The maximum atomic E-state index is 6.25. The van der Waals surface area contributed by atoms with Gasteiger partial charge in [0, 0.05) is 5.56 Å². The van der Waals surface area contributed by atoms with Crippen LogP contribution < -0.4 is 5.73 Å². The van der Waals surface area contributed by atoms with Crippen LogP contribution in [0.15, 0.2) is 24.4 Å². The lowest BCUT2D eigenvalue weighted by molar-refractivity contribution is 0.423. The maximum Gasteiger partial charge on any atom is 0.126 e. The second kappa shape index (κ2) is 5.53. The molecule has 0 aliphatic carbocycles. The molecule has 2 rings (SSSR count). The number of hydrogen-bond acceptors (Lipinski definition) is 2. The summed E-state index contributed by atoms with van der Waals surface area (Å²) in [4.78, 5) is 7.64. The van der Waals surface area contributed by atoms with Gasteiger partial charge in [-0.05, 0) is 25.5 Å². The predicted molar refractivity (Wildman–Crippen MR) is 80.5 cm³/mol. The van der Waals surface area contributed by atoms with E-state index in [9.17, 15) is 0 Å². The second-order valence-corrected chi connectivity index (χ2v) is 5.76. The molecule has 3 nitrogen and oxygen atoms in total. The molecule has 102 valence electrons. The smallest absolute Gasteiger partial charge is 0.126 e. The summed E-state index contributed by atoms with van der Waals surface area (Å²) in [5.74, 6) is 0.787. The Morgan fingerprint density at radius 2 is 2.05 bits per heavy atom. The third kappa shape index (κ3) is 3.11. The van der Waals surface area contributed by atoms with E-state index in [0.29, 0.717) is 10.0 Å². The predicted octanol–water partition coefficient (Wildman–Crippen LogP) is 4.36. The van der Waals surface area contributed by atoms with E-state index in [1.54, 1.807) is 12.3 Å². The molecule has 1 aromatic carbocycles. The van der Waals surface area contributed by atoms with E-state index in [4.69, 9.17) is 28.9 Å². The Balaban J connectivity index is 2.33. The maximum absolute atomic E-state index is 6.25. The fourth-order valence-corrected chi connectivity index (χ4v) is 2.36. The molecule has 0 bridgehead atoms. The van der Waals surface area contributed by atoms with Gasteiger partial charge in [0.2, 0.25) is 0 Å². The zero-order valence-corrected chi connectivity index (χ0v) is 12.5. The van der Waals surface area contributed by atoms with E-state index >= 15 is 0 Å². The molecule has 19 heavy (non-hydrogen) atoms. The molecule has 5 heteroatoms. The molecule has 1 heterocycles. The van der Waals surface area contributed by atoms with E-state index in [-0.39, 0.29) is 0 Å². The van der Waals surface area contributed by atoms with Gasteiger partial charge in [-0.1, -0.05) is 42.6 Å². The van der Waals surface area contributed by atoms with Crippen molar-refractivity contribution in [1.82, 2.24) is 9.97 Å². The summed E-state index contributed by atoms with van der Waals surface area (Å²) < 4.78 is 0. The van der Waals surface area contributed by atoms with E-state index in [2.05, 4.69) is 16.9 Å². The van der Waals surface area contributed by atoms with Crippen LogP contribution in [0.25, 0.3) is 11.3 Å². The molecule has 0 aliphatic rings. The van der Waals surface area contributed by atoms with Crippen molar-refractivity contribution in [3.63, 3.8) is 0 Å². The molecule has 0 amide bonds. The van der Waals surface area contributed by atoms with Crippen LogP contribution in [0.4, 0.5) is 0 Å². The van der Waals surface area contributed by atoms with Crippen molar-refractivity contribution in [3.05, 3.63) is 40.3 Å². The van der Waals surface area contributed by atoms with Crippen LogP contribution in [0.3, 0.4) is 0 Å². The van der Waals surface area contributed by atoms with Gasteiger partial charge in [-0.2, -0.15) is 0 Å². The third-order valence-electron chi connectivity index (χ3n) is 3.12. The highest BCUT2D eigenvalue weighted by atomic mass is 35.5. The van der Waals surface area contributed by atoms with Crippen molar-refractivity contribution >= 4 is 23.2 Å². The van der Waals surface area contributed by atoms with Crippen LogP contribution >= 0.6 is 23.2 Å². The van der Waals surface area contributed by atoms with Crippen LogP contribution in [0.5, 0.6) is 0 Å². The van der Waals surface area contributed by atoms with Crippen molar-refractivity contribution in [3.8, 4) is 11.3 Å². The number of hydrogen-bond donors (Lipinski definition) is 2. The zero-order valence-electron chi connectivity index (χ0n) is 11.0. The minimum Gasteiger partial charge on any atom is -0.340 e. The molecule has 0 aliphatic heterocycles. The van der Waals surface area contributed by atoms with Crippen LogP contribution in [0, 0.1) is 0 Å². The quantitative estimate of drug-likeness (QED) is 0.881. The van der Waals surface area contributed by atoms with Gasteiger partial charge in [0.1, 0.15) is 5.82 Å². The Kier molecular flexibility index (Phi) is 4.19. The molecule has 0 radical (unpaired) electrons. The van der Waals surface area contributed by atoms with E-state index in [1.165, 1.54) is 0 Å². The summed E-state index contributed by atoms with van der Waals surface area (Å²) in [7, 11) is 0. The first-order valence-electron chi connectivity index (χ1n) is 6.24. The SMILES string of the molecule is CCCC(C)(N)c1ncc(-c2ccc(Cl)c(Cl)c2)[nH]1. The van der Waals surface area contributed by atoms with Gasteiger partial charge in [-0.25, -0.2) is 4.98 Å². The zero-order chi connectivity index (χ0) is 14.0. The lowest BCUT2D eigenvalue weighted by atomic mass is 9.97. The van der Waals surface area contributed by atoms with Crippen LogP contribution in [-0.2, 0) is 5.54 Å². The number of rotatable bonds is 4. The number of aromatic nitrogens is 2. The van der Waals surface area contributed by atoms with Crippen molar-refractivity contribution in [2.45, 2.75) is 32.2 Å². The number of nitrogens with two attached hydrogens (primary N) is 1. The highest BCUT2D eigenvalue weighted by molar-refractivity contribution is 6.42. The highest BCUT2D eigenvalue weighted by Crippen LogP contribution is 2.29. The standard InChI is InChI=1S/C14H17Cl2N3/c1-3-6-14(2,17)13-18-8-12(19-13)9-4-5-10(15)11(16)7-9/h4-5,7-8H,3,6,17H2,1-2H3,(H,18,19). The van der Waals surface area contributed by atoms with Gasteiger partial charge in [0.15, 0.2) is 0 Å². The van der Waals surface area contributed by atoms with Gasteiger partial charge < -0.3 is 10.7 Å². The van der Waals surface area contributed by atoms with E-state index in [0.717, 1.165) is 29.9 Å². The topological polar surface area (TPSA) is 54.7 Å². The molecule has 0 saturated carbocycles. The average Bonchev–Trinajstić information content (AvgIpc) is 2.83. The molecule has 0 spiro atoms. The van der Waals surface area contributed by atoms with Crippen LogP contribution in [-0.4, -0.2) is 9.97 Å². The Morgan fingerprint density at radius 3 is 2.68 bits per heavy atom. The monoisotopic (exact) mass is 297 g/mol. The molecule has 1 aromatic heterocycles. The number of nitrogens with zero attached hydrogens (tertiary/aromatic N) is 1. The molecule has 2 aromatic rings. The number of aromatic amines is 1. The molecule has 3 N–H and O–H groups in total. The number of halogens is 2. The van der Waals surface area contributed by atoms with Gasteiger partial charge in [-0.15, -0.1) is 0 Å². The van der Waals surface area contributed by atoms with Crippen LogP contribution in [0.1, 0.15) is 32.5 Å². The summed E-state index contributed by atoms with van der Waals surface area (Å²) in [6.45, 7) is 4.09. The van der Waals surface area contributed by atoms with Gasteiger partial charge in [-0.3, -0.25) is 0 Å². The molecule has 0 saturated heterocycles. The highest BCUT2D eigenvalue weighted by Gasteiger charge is 2.23. The summed E-state index contributed by atoms with van der Waals surface area (Å²) >= 11 is 11.9. The summed E-state index contributed by atoms with van der Waals surface area (Å²) in [6.07, 6.45) is 3.66. The molecular formula is C14H17Cl2N3. The Morgan fingerprint density at radius 1 is 1.32 bits per heavy atom. The van der Waals surface area contributed by atoms with Gasteiger partial charge in [0.25, 0.3) is 0 Å². The Hall–Kier alpha value is -1.03. The minimum absolute atomic E-state index is 0.441. The Labute approximate surface area is 123 Å². The molecular weight excluding hydrogens is 281 g/mol. The summed E-state index contributed by atoms with van der Waals surface area (Å²) in [5, 5.41) is 1.07. The lowest BCUT2D eigenvalue weighted by Gasteiger charge is -2.21. The number of benzene rings is 1. The van der Waals surface area contributed by atoms with Gasteiger partial charge in [0.05, 0.1) is 27.5 Å². The third-order valence-corrected chi connectivity index (χ3v) is 3.86. The fourth-order valence-electron chi connectivity index (χ4n) is 2.06. The normalized spacial score (nSPS) is 14.4. The summed E-state index contributed by atoms with van der Waals surface area (Å²) in [6, 6.07) is 5.49. The molecule has 1 unspecified atom stereocenters. The largest absolute Gasteiger partial charge is 0.340 e. The van der Waals surface area contributed by atoms with E-state index in [1.807, 2.05) is 19.1 Å². The lowest BCUT2D eigenvalue weighted by Crippen LogP contribution is -2.34. The van der Waals surface area contributed by atoms with Crippen molar-refractivity contribution < 1.29 is 0 Å². The summed E-state index contributed by atoms with van der Waals surface area (Å²) in [5.41, 5.74) is 7.65. The first-order chi connectivity index (χ1) is 8.94. The second-order valence-electron chi connectivity index (χ2n) is 4.94. The van der Waals surface area contributed by atoms with E-state index < -0.39 is 5.54 Å². The first-order valence-corrected chi connectivity index (χ1v) is 6.99. The molecule has 1 atom stereocenters. The van der Waals surface area contributed by atoms with Crippen molar-refractivity contribution in [2.24, 2.45) is 5.73 Å². The average molecular weight is 298 g/mol. The first kappa shape index (κ1) is 14.4. The minimum atomic E-state index is -0.441. The fraction of sp³-hybridized carbons (Fsp3) is 0.357. The number of nitrogens with one attached hydrogen (secondary N) is 1. The number of H-pyrrole nitrogens is 1. The van der Waals surface area contributed by atoms with Crippen LogP contribution in [0.2, 0.25) is 10.0 Å². The van der Waals surface area contributed by atoms with Crippen molar-refractivity contribution in [2.75, 3.05) is 0 Å².